The van der Waals surface area contributed by atoms with Crippen molar-refractivity contribution in [2.75, 3.05) is 13.2 Å². The second kappa shape index (κ2) is 7.72. The number of fused-ring (bicyclic) bond motifs is 2. The van der Waals surface area contributed by atoms with E-state index < -0.39 is 24.4 Å². The minimum absolute atomic E-state index is 0.00889. The second-order valence-corrected chi connectivity index (χ2v) is 8.72. The van der Waals surface area contributed by atoms with Gasteiger partial charge >= 0.3 is 0 Å². The van der Waals surface area contributed by atoms with Gasteiger partial charge in [-0.15, -0.1) is 3.89 Å². The maximum absolute atomic E-state index is 13.8. The molecule has 1 N–H and O–H groups in total. The van der Waals surface area contributed by atoms with Crippen molar-refractivity contribution in [3.63, 3.8) is 0 Å². The van der Waals surface area contributed by atoms with Crippen LogP contribution in [-0.4, -0.2) is 51.7 Å². The average Bonchev–Trinajstić information content (AvgIpc) is 3.37. The third-order valence-electron chi connectivity index (χ3n) is 5.10. The van der Waals surface area contributed by atoms with E-state index in [0.29, 0.717) is 21.7 Å². The Labute approximate surface area is 183 Å². The van der Waals surface area contributed by atoms with Crippen molar-refractivity contribution >= 4 is 50.9 Å². The van der Waals surface area contributed by atoms with Crippen molar-refractivity contribution < 1.29 is 23.2 Å². The molecular formula is C19H15BrClFN2O4S. The van der Waals surface area contributed by atoms with Crippen LogP contribution in [0.1, 0.15) is 0 Å². The van der Waals surface area contributed by atoms with E-state index in [-0.39, 0.29) is 31.4 Å². The molecule has 0 radical (unpaired) electrons. The predicted octanol–water partition coefficient (Wildman–Crippen LogP) is 4.41. The average molecular weight is 502 g/mol. The van der Waals surface area contributed by atoms with Crippen LogP contribution in [0.2, 0.25) is 5.02 Å². The molecule has 2 aliphatic heterocycles. The standard InChI is InChI=1S/C19H15BrClFN2O4S/c20-10-3-1-9(2-4-10)17-11(21)5-13-12(23-17)6-16(24(13)29-22)28-15-8-27-18-14(25)7-26-19(15)18/h1-6,14-15,18-19,25H,7-8H2. The van der Waals surface area contributed by atoms with Gasteiger partial charge in [0.25, 0.3) is 0 Å². The lowest BCUT2D eigenvalue weighted by Crippen LogP contribution is -2.34. The van der Waals surface area contributed by atoms with Crippen molar-refractivity contribution in [1.29, 1.82) is 0 Å². The van der Waals surface area contributed by atoms with Gasteiger partial charge in [-0.2, -0.15) is 0 Å². The molecule has 0 aliphatic carbocycles. The summed E-state index contributed by atoms with van der Waals surface area (Å²) in [5.41, 5.74) is 2.51. The van der Waals surface area contributed by atoms with E-state index in [2.05, 4.69) is 20.9 Å². The number of nitrogens with zero attached hydrogens (tertiary/aromatic N) is 2. The molecule has 0 amide bonds. The summed E-state index contributed by atoms with van der Waals surface area (Å²) in [6.07, 6.45) is -1.94. The van der Waals surface area contributed by atoms with Crippen LogP contribution in [-0.2, 0) is 9.47 Å². The number of halogens is 3. The highest BCUT2D eigenvalue weighted by molar-refractivity contribution is 9.10. The molecule has 2 aromatic heterocycles. The first-order chi connectivity index (χ1) is 14.0. The van der Waals surface area contributed by atoms with Crippen LogP contribution in [0.25, 0.3) is 22.3 Å². The van der Waals surface area contributed by atoms with Crippen molar-refractivity contribution in [2.24, 2.45) is 0 Å². The topological polar surface area (TPSA) is 65.7 Å². The van der Waals surface area contributed by atoms with Crippen LogP contribution < -0.4 is 4.74 Å². The van der Waals surface area contributed by atoms with Gasteiger partial charge in [0.1, 0.15) is 18.3 Å². The Morgan fingerprint density at radius 1 is 1.21 bits per heavy atom. The van der Waals surface area contributed by atoms with E-state index >= 15 is 0 Å². The highest BCUT2D eigenvalue weighted by atomic mass is 79.9. The Kier molecular flexibility index (Phi) is 5.21. The number of benzene rings is 1. The number of hydrogen-bond acceptors (Lipinski definition) is 6. The summed E-state index contributed by atoms with van der Waals surface area (Å²) in [5.74, 6) is 0.281. The Morgan fingerprint density at radius 2 is 1.97 bits per heavy atom. The van der Waals surface area contributed by atoms with Gasteiger partial charge < -0.3 is 19.3 Å². The minimum atomic E-state index is -0.677. The third kappa shape index (κ3) is 3.43. The number of aromatic nitrogens is 2. The molecule has 5 rings (SSSR count). The summed E-state index contributed by atoms with van der Waals surface area (Å²) in [4.78, 5) is 4.63. The predicted molar refractivity (Wildman–Crippen MR) is 112 cm³/mol. The molecule has 4 atom stereocenters. The van der Waals surface area contributed by atoms with Gasteiger partial charge in [0.15, 0.2) is 18.4 Å². The normalized spacial score (nSPS) is 26.2. The number of aliphatic hydroxyl groups excluding tert-OH is 1. The zero-order chi connectivity index (χ0) is 20.1. The Balaban J connectivity index is 1.51. The molecule has 0 spiro atoms. The first-order valence-electron chi connectivity index (χ1n) is 8.90. The zero-order valence-corrected chi connectivity index (χ0v) is 18.0. The van der Waals surface area contributed by atoms with Gasteiger partial charge in [-0.05, 0) is 18.2 Å². The van der Waals surface area contributed by atoms with Crippen molar-refractivity contribution in [3.05, 3.63) is 45.9 Å². The number of ether oxygens (including phenoxy) is 3. The lowest BCUT2D eigenvalue weighted by molar-refractivity contribution is 0.00776. The van der Waals surface area contributed by atoms with Gasteiger partial charge in [0, 0.05) is 16.1 Å². The van der Waals surface area contributed by atoms with E-state index in [1.165, 1.54) is 3.97 Å². The molecular weight excluding hydrogens is 487 g/mol. The van der Waals surface area contributed by atoms with Gasteiger partial charge in [-0.3, -0.25) is 0 Å². The molecule has 2 aliphatic rings. The van der Waals surface area contributed by atoms with E-state index in [4.69, 9.17) is 25.8 Å². The summed E-state index contributed by atoms with van der Waals surface area (Å²) in [6, 6.07) is 11.0. The quantitative estimate of drug-likeness (QED) is 0.571. The maximum Gasteiger partial charge on any atom is 0.209 e. The fraction of sp³-hybridized carbons (Fsp3) is 0.316. The van der Waals surface area contributed by atoms with Crippen LogP contribution in [0, 0.1) is 0 Å². The highest BCUT2D eigenvalue weighted by Gasteiger charge is 2.48. The Hall–Kier alpha value is -1.36. The van der Waals surface area contributed by atoms with Gasteiger partial charge in [-0.25, -0.2) is 8.96 Å². The lowest BCUT2D eigenvalue weighted by Gasteiger charge is -2.17. The molecule has 0 saturated carbocycles. The fourth-order valence-electron chi connectivity index (χ4n) is 3.72. The molecule has 4 heterocycles. The van der Waals surface area contributed by atoms with Crippen LogP contribution in [0.5, 0.6) is 5.88 Å². The van der Waals surface area contributed by atoms with Crippen LogP contribution >= 0.6 is 39.9 Å². The molecule has 29 heavy (non-hydrogen) atoms. The van der Waals surface area contributed by atoms with E-state index in [9.17, 15) is 8.99 Å². The van der Waals surface area contributed by atoms with E-state index in [1.54, 1.807) is 12.1 Å². The van der Waals surface area contributed by atoms with Gasteiger partial charge in [0.2, 0.25) is 5.88 Å². The van der Waals surface area contributed by atoms with E-state index in [0.717, 1.165) is 10.0 Å². The summed E-state index contributed by atoms with van der Waals surface area (Å²) in [6.45, 7) is 0.451. The maximum atomic E-state index is 13.8. The lowest BCUT2D eigenvalue weighted by atomic mass is 10.1. The number of pyridine rings is 1. The number of hydrogen-bond donors (Lipinski definition) is 1. The first kappa shape index (κ1) is 19.6. The Bertz CT molecular complexity index is 1070. The summed E-state index contributed by atoms with van der Waals surface area (Å²) < 4.78 is 33.2. The molecule has 2 fully saturated rings. The SMILES string of the molecule is OC1COC2C(Oc3cc4nc(-c5ccc(Br)cc5)c(Cl)cc4n3SF)COC12. The fourth-order valence-corrected chi connectivity index (χ4v) is 4.62. The molecule has 1 aromatic carbocycles. The monoisotopic (exact) mass is 500 g/mol. The number of aliphatic hydroxyl groups is 1. The zero-order valence-electron chi connectivity index (χ0n) is 14.8. The molecule has 6 nitrogen and oxygen atoms in total. The second-order valence-electron chi connectivity index (χ2n) is 6.90. The first-order valence-corrected chi connectivity index (χ1v) is 10.7. The third-order valence-corrected chi connectivity index (χ3v) is 6.44. The molecule has 0 bridgehead atoms. The molecule has 10 heteroatoms. The number of rotatable bonds is 4. The van der Waals surface area contributed by atoms with Crippen molar-refractivity contribution in [1.82, 2.24) is 8.96 Å². The molecule has 3 aromatic rings. The van der Waals surface area contributed by atoms with E-state index in [1.807, 2.05) is 24.3 Å². The largest absolute Gasteiger partial charge is 0.469 e. The van der Waals surface area contributed by atoms with Crippen LogP contribution in [0.3, 0.4) is 0 Å². The van der Waals surface area contributed by atoms with Crippen molar-refractivity contribution in [3.8, 4) is 17.1 Å². The van der Waals surface area contributed by atoms with Crippen LogP contribution in [0.4, 0.5) is 3.89 Å². The Morgan fingerprint density at radius 3 is 2.72 bits per heavy atom. The molecule has 4 unspecified atom stereocenters. The molecule has 152 valence electrons. The highest BCUT2D eigenvalue weighted by Crippen LogP contribution is 2.37. The van der Waals surface area contributed by atoms with Gasteiger partial charge in [0.05, 0.1) is 35.0 Å². The minimum Gasteiger partial charge on any atom is -0.469 e. The summed E-state index contributed by atoms with van der Waals surface area (Å²) >= 11 is 9.87. The summed E-state index contributed by atoms with van der Waals surface area (Å²) in [5, 5.41) is 10.3. The summed E-state index contributed by atoms with van der Waals surface area (Å²) in [7, 11) is 0. The van der Waals surface area contributed by atoms with Crippen LogP contribution in [0.15, 0.2) is 40.9 Å². The molecule has 2 saturated heterocycles. The smallest absolute Gasteiger partial charge is 0.209 e. The van der Waals surface area contributed by atoms with Gasteiger partial charge in [-0.1, -0.05) is 39.7 Å². The van der Waals surface area contributed by atoms with Crippen molar-refractivity contribution in [2.45, 2.75) is 24.4 Å².